The highest BCUT2D eigenvalue weighted by Gasteiger charge is 2.17. The van der Waals surface area contributed by atoms with Crippen molar-refractivity contribution in [2.24, 2.45) is 12.0 Å². The highest BCUT2D eigenvalue weighted by atomic mass is 32.2. The number of amidine groups is 1. The van der Waals surface area contributed by atoms with Crippen molar-refractivity contribution in [3.05, 3.63) is 48.3 Å². The van der Waals surface area contributed by atoms with Crippen LogP contribution in [0.15, 0.2) is 52.6 Å². The van der Waals surface area contributed by atoms with Crippen LogP contribution in [-0.4, -0.2) is 36.5 Å². The Labute approximate surface area is 164 Å². The molecule has 8 nitrogen and oxygen atoms in total. The van der Waals surface area contributed by atoms with E-state index < -0.39 is 10.0 Å². The summed E-state index contributed by atoms with van der Waals surface area (Å²) < 4.78 is 29.2. The first kappa shape index (κ1) is 19.8. The van der Waals surface area contributed by atoms with E-state index in [4.69, 9.17) is 0 Å². The summed E-state index contributed by atoms with van der Waals surface area (Å²) in [4.78, 5) is 16.4. The van der Waals surface area contributed by atoms with Crippen molar-refractivity contribution in [2.75, 3.05) is 11.9 Å². The van der Waals surface area contributed by atoms with Gasteiger partial charge in [-0.3, -0.25) is 19.2 Å². The van der Waals surface area contributed by atoms with Gasteiger partial charge >= 0.3 is 0 Å². The number of carbonyl (C=O) groups is 1. The Kier molecular flexibility index (Phi) is 6.25. The Morgan fingerprint density at radius 2 is 1.96 bits per heavy atom. The highest BCUT2D eigenvalue weighted by molar-refractivity contribution is 7.90. The molecule has 2 N–H and O–H groups in total. The smallest absolute Gasteiger partial charge is 0.262 e. The zero-order valence-electron chi connectivity index (χ0n) is 15.6. The van der Waals surface area contributed by atoms with Crippen LogP contribution in [0.25, 0.3) is 6.08 Å². The van der Waals surface area contributed by atoms with E-state index in [1.54, 1.807) is 42.3 Å². The number of hydrogen-bond donors (Lipinski definition) is 2. The molecular weight excluding hydrogens is 378 g/mol. The number of aromatic nitrogens is 2. The number of carbonyl (C=O) groups excluding carboxylic acids is 1. The van der Waals surface area contributed by atoms with Crippen molar-refractivity contribution >= 4 is 33.5 Å². The molecule has 0 bridgehead atoms. The molecule has 0 spiro atoms. The summed E-state index contributed by atoms with van der Waals surface area (Å²) in [6, 6.07) is 6.03. The Morgan fingerprint density at radius 3 is 2.68 bits per heavy atom. The SMILES string of the molecule is Cn1cc(/C=C/C(=O)Nc2ccc(S(=O)(=O)NC3=NCCCCC3)cc2)cn1. The van der Waals surface area contributed by atoms with Crippen molar-refractivity contribution in [3.8, 4) is 0 Å². The monoisotopic (exact) mass is 401 g/mol. The van der Waals surface area contributed by atoms with Crippen molar-refractivity contribution < 1.29 is 13.2 Å². The Morgan fingerprint density at radius 1 is 1.18 bits per heavy atom. The first-order valence-electron chi connectivity index (χ1n) is 9.06. The molecule has 0 radical (unpaired) electrons. The predicted octanol–water partition coefficient (Wildman–Crippen LogP) is 2.32. The molecule has 1 amide bonds. The number of nitrogens with zero attached hydrogens (tertiary/aromatic N) is 3. The third-order valence-corrected chi connectivity index (χ3v) is 5.61. The lowest BCUT2D eigenvalue weighted by Gasteiger charge is -2.10. The van der Waals surface area contributed by atoms with Crippen LogP contribution >= 0.6 is 0 Å². The lowest BCUT2D eigenvalue weighted by molar-refractivity contribution is -0.111. The highest BCUT2D eigenvalue weighted by Crippen LogP contribution is 2.15. The van der Waals surface area contributed by atoms with E-state index in [-0.39, 0.29) is 10.8 Å². The summed E-state index contributed by atoms with van der Waals surface area (Å²) in [5.41, 5.74) is 1.32. The average molecular weight is 401 g/mol. The van der Waals surface area contributed by atoms with Gasteiger partial charge in [0.15, 0.2) is 0 Å². The second-order valence-corrected chi connectivity index (χ2v) is 8.22. The molecule has 148 valence electrons. The normalized spacial score (nSPS) is 15.1. The molecule has 0 saturated carbocycles. The van der Waals surface area contributed by atoms with Gasteiger partial charge < -0.3 is 5.32 Å². The van der Waals surface area contributed by atoms with Crippen LogP contribution in [0.1, 0.15) is 31.2 Å². The quantitative estimate of drug-likeness (QED) is 0.750. The van der Waals surface area contributed by atoms with Crippen LogP contribution in [-0.2, 0) is 21.9 Å². The number of aliphatic imine (C=N–C) groups is 1. The first-order chi connectivity index (χ1) is 13.4. The van der Waals surface area contributed by atoms with Crippen molar-refractivity contribution in [1.29, 1.82) is 0 Å². The lowest BCUT2D eigenvalue weighted by Crippen LogP contribution is -2.30. The fraction of sp³-hybridized carbons (Fsp3) is 0.316. The van der Waals surface area contributed by atoms with Gasteiger partial charge in [-0.2, -0.15) is 5.10 Å². The van der Waals surface area contributed by atoms with Gasteiger partial charge in [0.05, 0.1) is 11.1 Å². The Bertz CT molecular complexity index is 991. The molecule has 28 heavy (non-hydrogen) atoms. The van der Waals surface area contributed by atoms with E-state index in [0.29, 0.717) is 24.5 Å². The second-order valence-electron chi connectivity index (χ2n) is 6.54. The number of aryl methyl sites for hydroxylation is 1. The molecule has 1 aliphatic rings. The average Bonchev–Trinajstić information content (AvgIpc) is 2.91. The van der Waals surface area contributed by atoms with E-state index >= 15 is 0 Å². The second kappa shape index (κ2) is 8.83. The van der Waals surface area contributed by atoms with Gasteiger partial charge in [0.2, 0.25) is 5.91 Å². The number of rotatable bonds is 5. The molecule has 3 rings (SSSR count). The van der Waals surface area contributed by atoms with Crippen molar-refractivity contribution in [2.45, 2.75) is 30.6 Å². The number of anilines is 1. The van der Waals surface area contributed by atoms with Crippen LogP contribution in [0, 0.1) is 0 Å². The van der Waals surface area contributed by atoms with Crippen LogP contribution in [0.4, 0.5) is 5.69 Å². The summed E-state index contributed by atoms with van der Waals surface area (Å²) >= 11 is 0. The molecule has 0 saturated heterocycles. The fourth-order valence-electron chi connectivity index (χ4n) is 2.77. The summed E-state index contributed by atoms with van der Waals surface area (Å²) in [7, 11) is -1.89. The predicted molar refractivity (Wildman–Crippen MR) is 108 cm³/mol. The Hall–Kier alpha value is -2.94. The molecular formula is C19H23N5O3S. The van der Waals surface area contributed by atoms with Gasteiger partial charge in [-0.1, -0.05) is 6.42 Å². The molecule has 1 aromatic carbocycles. The summed E-state index contributed by atoms with van der Waals surface area (Å²) in [5, 5.41) is 6.72. The van der Waals surface area contributed by atoms with Gasteiger partial charge in [-0.15, -0.1) is 0 Å². The molecule has 0 atom stereocenters. The maximum absolute atomic E-state index is 12.5. The molecule has 2 heterocycles. The minimum atomic E-state index is -3.68. The topological polar surface area (TPSA) is 105 Å². The van der Waals surface area contributed by atoms with Crippen LogP contribution in [0.5, 0.6) is 0 Å². The third-order valence-electron chi connectivity index (χ3n) is 4.21. The maximum Gasteiger partial charge on any atom is 0.262 e. The van der Waals surface area contributed by atoms with E-state index in [0.717, 1.165) is 24.8 Å². The largest absolute Gasteiger partial charge is 0.323 e. The molecule has 2 aromatic rings. The lowest BCUT2D eigenvalue weighted by atomic mass is 10.2. The number of amides is 1. The standard InChI is InChI=1S/C19H23N5O3S/c1-24-14-15(13-21-24)6-11-19(25)22-16-7-9-17(10-8-16)28(26,27)23-18-5-3-2-4-12-20-18/h6-11,13-14H,2-5,12H2,1H3,(H,20,23)(H,22,25)/b11-6+. The number of hydrogen-bond acceptors (Lipinski definition) is 5. The van der Waals surface area contributed by atoms with Gasteiger partial charge in [0, 0.05) is 43.5 Å². The van der Waals surface area contributed by atoms with E-state index in [9.17, 15) is 13.2 Å². The minimum absolute atomic E-state index is 0.128. The molecule has 0 fully saturated rings. The van der Waals surface area contributed by atoms with Gasteiger partial charge in [-0.05, 0) is 43.2 Å². The van der Waals surface area contributed by atoms with E-state index in [2.05, 4.69) is 20.1 Å². The van der Waals surface area contributed by atoms with E-state index in [1.165, 1.54) is 18.2 Å². The summed E-state index contributed by atoms with van der Waals surface area (Å²) in [6.07, 6.45) is 10.1. The zero-order valence-corrected chi connectivity index (χ0v) is 16.4. The van der Waals surface area contributed by atoms with Crippen LogP contribution in [0.2, 0.25) is 0 Å². The Balaban J connectivity index is 1.61. The summed E-state index contributed by atoms with van der Waals surface area (Å²) in [6.45, 7) is 0.648. The van der Waals surface area contributed by atoms with Gasteiger partial charge in [0.1, 0.15) is 5.84 Å². The number of sulfonamides is 1. The molecule has 1 aromatic heterocycles. The van der Waals surface area contributed by atoms with Crippen molar-refractivity contribution in [3.63, 3.8) is 0 Å². The maximum atomic E-state index is 12.5. The number of nitrogens with one attached hydrogen (secondary N) is 2. The van der Waals surface area contributed by atoms with Crippen molar-refractivity contribution in [1.82, 2.24) is 14.5 Å². The fourth-order valence-corrected chi connectivity index (χ4v) is 3.86. The minimum Gasteiger partial charge on any atom is -0.323 e. The van der Waals surface area contributed by atoms with E-state index in [1.807, 2.05) is 0 Å². The molecule has 0 aliphatic carbocycles. The van der Waals surface area contributed by atoms with Crippen LogP contribution < -0.4 is 10.0 Å². The molecule has 1 aliphatic heterocycles. The van der Waals surface area contributed by atoms with Gasteiger partial charge in [-0.25, -0.2) is 8.42 Å². The van der Waals surface area contributed by atoms with Gasteiger partial charge in [0.25, 0.3) is 10.0 Å². The number of benzene rings is 1. The van der Waals surface area contributed by atoms with Crippen LogP contribution in [0.3, 0.4) is 0 Å². The molecule has 9 heteroatoms. The molecule has 0 unspecified atom stereocenters. The first-order valence-corrected chi connectivity index (χ1v) is 10.5. The third kappa shape index (κ3) is 5.53. The zero-order chi connectivity index (χ0) is 20.0. The summed E-state index contributed by atoms with van der Waals surface area (Å²) in [5.74, 6) is 0.195.